The molecule has 0 bridgehead atoms. The number of nitro groups is 1. The van der Waals surface area contributed by atoms with Crippen molar-refractivity contribution in [1.29, 1.82) is 0 Å². The fraction of sp³-hybridized carbons (Fsp3) is 0.417. The molecule has 0 atom stereocenters. The summed E-state index contributed by atoms with van der Waals surface area (Å²) < 4.78 is 0. The zero-order valence-corrected chi connectivity index (χ0v) is 11.6. The molecule has 20 heavy (non-hydrogen) atoms. The molecule has 0 unspecified atom stereocenters. The number of aromatic amines is 1. The topological polar surface area (TPSA) is 95.9 Å². The van der Waals surface area contributed by atoms with E-state index in [-0.39, 0.29) is 18.1 Å². The van der Waals surface area contributed by atoms with Crippen LogP contribution in [0.25, 0.3) is 11.0 Å². The number of halogens is 1. The number of non-ortho nitro benzene ring substituents is 1. The Morgan fingerprint density at radius 1 is 1.35 bits per heavy atom. The molecule has 1 aliphatic rings. The summed E-state index contributed by atoms with van der Waals surface area (Å²) in [6, 6.07) is 5.04. The predicted octanol–water partition coefficient (Wildman–Crippen LogP) is 2.06. The van der Waals surface area contributed by atoms with Crippen molar-refractivity contribution in [2.24, 2.45) is 0 Å². The van der Waals surface area contributed by atoms with Crippen molar-refractivity contribution in [2.75, 3.05) is 18.4 Å². The lowest BCUT2D eigenvalue weighted by Gasteiger charge is -2.23. The van der Waals surface area contributed by atoms with Crippen LogP contribution in [-0.4, -0.2) is 34.0 Å². The van der Waals surface area contributed by atoms with Crippen LogP contribution in [0.1, 0.15) is 12.8 Å². The number of anilines is 1. The summed E-state index contributed by atoms with van der Waals surface area (Å²) >= 11 is 0. The lowest BCUT2D eigenvalue weighted by molar-refractivity contribution is -0.384. The molecule has 1 aromatic carbocycles. The van der Waals surface area contributed by atoms with Gasteiger partial charge in [0.1, 0.15) is 0 Å². The Hall–Kier alpha value is -1.86. The van der Waals surface area contributed by atoms with E-state index in [1.165, 1.54) is 12.1 Å². The minimum absolute atomic E-state index is 0. The average molecular weight is 298 g/mol. The maximum absolute atomic E-state index is 10.7. The maximum Gasteiger partial charge on any atom is 0.271 e. The van der Waals surface area contributed by atoms with Crippen molar-refractivity contribution >= 4 is 35.1 Å². The van der Waals surface area contributed by atoms with Gasteiger partial charge in [-0.15, -0.1) is 12.4 Å². The molecule has 108 valence electrons. The van der Waals surface area contributed by atoms with Gasteiger partial charge in [0.2, 0.25) is 5.95 Å². The lowest BCUT2D eigenvalue weighted by atomic mass is 10.1. The lowest BCUT2D eigenvalue weighted by Crippen LogP contribution is -2.35. The van der Waals surface area contributed by atoms with Crippen molar-refractivity contribution < 1.29 is 4.92 Å². The van der Waals surface area contributed by atoms with Crippen molar-refractivity contribution in [3.63, 3.8) is 0 Å². The van der Waals surface area contributed by atoms with Gasteiger partial charge in [-0.25, -0.2) is 4.98 Å². The van der Waals surface area contributed by atoms with Crippen LogP contribution in [-0.2, 0) is 0 Å². The first-order valence-corrected chi connectivity index (χ1v) is 6.34. The van der Waals surface area contributed by atoms with Gasteiger partial charge in [0.05, 0.1) is 16.0 Å². The molecular formula is C12H16ClN5O2. The highest BCUT2D eigenvalue weighted by atomic mass is 35.5. The van der Waals surface area contributed by atoms with Crippen molar-refractivity contribution in [3.05, 3.63) is 28.3 Å². The van der Waals surface area contributed by atoms with Crippen LogP contribution in [0.5, 0.6) is 0 Å². The number of nitro benzene ring substituents is 1. The summed E-state index contributed by atoms with van der Waals surface area (Å²) in [5.41, 5.74) is 1.50. The van der Waals surface area contributed by atoms with E-state index in [1.807, 2.05) is 0 Å². The quantitative estimate of drug-likeness (QED) is 0.595. The van der Waals surface area contributed by atoms with E-state index >= 15 is 0 Å². The van der Waals surface area contributed by atoms with E-state index in [1.54, 1.807) is 6.07 Å². The Balaban J connectivity index is 0.00000147. The number of H-pyrrole nitrogens is 1. The fourth-order valence-corrected chi connectivity index (χ4v) is 2.34. The highest BCUT2D eigenvalue weighted by Gasteiger charge is 2.15. The molecule has 2 aromatic rings. The molecule has 1 aliphatic heterocycles. The number of aromatic nitrogens is 2. The zero-order valence-electron chi connectivity index (χ0n) is 10.8. The number of hydrogen-bond donors (Lipinski definition) is 3. The van der Waals surface area contributed by atoms with Crippen molar-refractivity contribution in [3.8, 4) is 0 Å². The summed E-state index contributed by atoms with van der Waals surface area (Å²) in [7, 11) is 0. The minimum atomic E-state index is -0.403. The molecule has 0 spiro atoms. The standard InChI is InChI=1S/C12H15N5O2.ClH/c18-17(19)9-1-2-10-11(7-9)16-12(15-10)14-8-3-5-13-6-4-8;/h1-2,7-8,13H,3-6H2,(H2,14,15,16);1H. The van der Waals surface area contributed by atoms with E-state index in [0.717, 1.165) is 31.4 Å². The number of nitrogens with one attached hydrogen (secondary N) is 3. The number of imidazole rings is 1. The van der Waals surface area contributed by atoms with Gasteiger partial charge < -0.3 is 15.6 Å². The number of hydrogen-bond acceptors (Lipinski definition) is 5. The first-order valence-electron chi connectivity index (χ1n) is 6.34. The number of benzene rings is 1. The van der Waals surface area contributed by atoms with E-state index < -0.39 is 4.92 Å². The van der Waals surface area contributed by atoms with Crippen LogP contribution in [0.15, 0.2) is 18.2 Å². The molecule has 0 aliphatic carbocycles. The molecule has 0 radical (unpaired) electrons. The molecule has 2 heterocycles. The Morgan fingerprint density at radius 2 is 2.10 bits per heavy atom. The van der Waals surface area contributed by atoms with Crippen LogP contribution >= 0.6 is 12.4 Å². The Morgan fingerprint density at radius 3 is 2.80 bits per heavy atom. The van der Waals surface area contributed by atoms with E-state index in [0.29, 0.717) is 17.5 Å². The first-order chi connectivity index (χ1) is 9.22. The van der Waals surface area contributed by atoms with E-state index in [4.69, 9.17) is 0 Å². The molecule has 3 N–H and O–H groups in total. The van der Waals surface area contributed by atoms with Gasteiger partial charge in [-0.2, -0.15) is 0 Å². The molecule has 1 aromatic heterocycles. The normalized spacial score (nSPS) is 15.8. The van der Waals surface area contributed by atoms with Crippen LogP contribution in [0.3, 0.4) is 0 Å². The fourth-order valence-electron chi connectivity index (χ4n) is 2.34. The van der Waals surface area contributed by atoms with Gasteiger partial charge in [-0.05, 0) is 32.0 Å². The van der Waals surface area contributed by atoms with Gasteiger partial charge in [0, 0.05) is 18.2 Å². The molecular weight excluding hydrogens is 282 g/mol. The molecule has 3 rings (SSSR count). The number of nitrogens with zero attached hydrogens (tertiary/aromatic N) is 2. The molecule has 1 fully saturated rings. The van der Waals surface area contributed by atoms with Crippen molar-refractivity contribution in [1.82, 2.24) is 15.3 Å². The molecule has 0 amide bonds. The van der Waals surface area contributed by atoms with E-state index in [9.17, 15) is 10.1 Å². The maximum atomic E-state index is 10.7. The second kappa shape index (κ2) is 6.06. The SMILES string of the molecule is Cl.O=[N+]([O-])c1ccc2nc(NC3CCNCC3)[nH]c2c1. The average Bonchev–Trinajstić information content (AvgIpc) is 2.80. The Labute approximate surface area is 121 Å². The Kier molecular flexibility index (Phi) is 4.41. The smallest absolute Gasteiger partial charge is 0.271 e. The second-order valence-electron chi connectivity index (χ2n) is 4.71. The van der Waals surface area contributed by atoms with Gasteiger partial charge in [0.15, 0.2) is 0 Å². The zero-order chi connectivity index (χ0) is 13.2. The first kappa shape index (κ1) is 14.5. The highest BCUT2D eigenvalue weighted by Crippen LogP contribution is 2.21. The molecule has 7 nitrogen and oxygen atoms in total. The molecule has 8 heteroatoms. The van der Waals surface area contributed by atoms with Gasteiger partial charge in [-0.3, -0.25) is 10.1 Å². The minimum Gasteiger partial charge on any atom is -0.353 e. The summed E-state index contributed by atoms with van der Waals surface area (Å²) in [6.45, 7) is 2.01. The number of rotatable bonds is 3. The van der Waals surface area contributed by atoms with E-state index in [2.05, 4.69) is 20.6 Å². The molecule has 1 saturated heterocycles. The predicted molar refractivity (Wildman–Crippen MR) is 79.5 cm³/mol. The summed E-state index contributed by atoms with van der Waals surface area (Å²) in [5.74, 6) is 0.683. The van der Waals surface area contributed by atoms with Gasteiger partial charge in [0.25, 0.3) is 5.69 Å². The van der Waals surface area contributed by atoms with Gasteiger partial charge in [-0.1, -0.05) is 0 Å². The second-order valence-corrected chi connectivity index (χ2v) is 4.71. The van der Waals surface area contributed by atoms with Crippen LogP contribution in [0.2, 0.25) is 0 Å². The third-order valence-electron chi connectivity index (χ3n) is 3.36. The van der Waals surface area contributed by atoms with Gasteiger partial charge >= 0.3 is 0 Å². The van der Waals surface area contributed by atoms with Crippen LogP contribution in [0, 0.1) is 10.1 Å². The Bertz CT molecular complexity index is 609. The van der Waals surface area contributed by atoms with Crippen molar-refractivity contribution in [2.45, 2.75) is 18.9 Å². The summed E-state index contributed by atoms with van der Waals surface area (Å²) in [4.78, 5) is 17.8. The summed E-state index contributed by atoms with van der Waals surface area (Å²) in [6.07, 6.45) is 2.11. The molecule has 0 saturated carbocycles. The number of fused-ring (bicyclic) bond motifs is 1. The summed E-state index contributed by atoms with van der Waals surface area (Å²) in [5, 5.41) is 17.4. The number of piperidine rings is 1. The third-order valence-corrected chi connectivity index (χ3v) is 3.36. The van der Waals surface area contributed by atoms with Crippen LogP contribution in [0.4, 0.5) is 11.6 Å². The largest absolute Gasteiger partial charge is 0.353 e. The van der Waals surface area contributed by atoms with Crippen LogP contribution < -0.4 is 10.6 Å². The highest BCUT2D eigenvalue weighted by molar-refractivity contribution is 5.85. The monoisotopic (exact) mass is 297 g/mol. The third kappa shape index (κ3) is 3.00.